The van der Waals surface area contributed by atoms with E-state index in [2.05, 4.69) is 0 Å². The lowest BCUT2D eigenvalue weighted by atomic mass is 10.3. The fraction of sp³-hybridized carbons (Fsp3) is 0.200. The van der Waals surface area contributed by atoms with E-state index in [4.69, 9.17) is 10.5 Å². The summed E-state index contributed by atoms with van der Waals surface area (Å²) in [4.78, 5) is 0.921. The molecule has 9 heavy (non-hydrogen) atoms. The van der Waals surface area contributed by atoms with Crippen molar-refractivity contribution in [1.29, 1.82) is 10.5 Å². The van der Waals surface area contributed by atoms with Gasteiger partial charge in [-0.2, -0.15) is 10.5 Å². The molecule has 1 fully saturated rings. The van der Waals surface area contributed by atoms with Gasteiger partial charge in [-0.15, -0.1) is 0 Å². The Morgan fingerprint density at radius 2 is 2.00 bits per heavy atom. The van der Waals surface area contributed by atoms with Crippen molar-refractivity contribution >= 4 is 21.6 Å². The highest BCUT2D eigenvalue weighted by atomic mass is 33.1. The van der Waals surface area contributed by atoms with Crippen LogP contribution in [0.25, 0.3) is 0 Å². The summed E-state index contributed by atoms with van der Waals surface area (Å²) in [7, 11) is 3.17. The van der Waals surface area contributed by atoms with Gasteiger partial charge >= 0.3 is 0 Å². The van der Waals surface area contributed by atoms with Crippen LogP contribution < -0.4 is 0 Å². The number of nitrogens with zero attached hydrogens (tertiary/aromatic N) is 2. The first-order chi connectivity index (χ1) is 4.38. The number of hydrogen-bond donors (Lipinski definition) is 0. The minimum Gasteiger partial charge on any atom is -0.192 e. The lowest BCUT2D eigenvalue weighted by Crippen LogP contribution is -1.93. The zero-order valence-corrected chi connectivity index (χ0v) is 6.05. The van der Waals surface area contributed by atoms with Gasteiger partial charge in [0.1, 0.15) is 17.7 Å². The third kappa shape index (κ3) is 1.21. The molecule has 0 bridgehead atoms. The van der Waals surface area contributed by atoms with Gasteiger partial charge < -0.3 is 0 Å². The second-order valence-electron chi connectivity index (χ2n) is 1.37. The fourth-order valence-electron chi connectivity index (χ4n) is 0.381. The highest BCUT2D eigenvalue weighted by Gasteiger charge is 2.15. The predicted octanol–water partition coefficient (Wildman–Crippen LogP) is 1.68. The molecule has 0 N–H and O–H groups in total. The van der Waals surface area contributed by atoms with E-state index < -0.39 is 0 Å². The van der Waals surface area contributed by atoms with Gasteiger partial charge in [-0.05, 0) is 0 Å². The van der Waals surface area contributed by atoms with E-state index in [1.807, 2.05) is 12.1 Å². The van der Waals surface area contributed by atoms with E-state index in [9.17, 15) is 0 Å². The Labute approximate surface area is 60.9 Å². The Morgan fingerprint density at radius 1 is 1.44 bits per heavy atom. The van der Waals surface area contributed by atoms with Crippen LogP contribution in [0.2, 0.25) is 0 Å². The van der Waals surface area contributed by atoms with Crippen LogP contribution in [0.5, 0.6) is 0 Å². The average Bonchev–Trinajstić information content (AvgIpc) is 1.78. The van der Waals surface area contributed by atoms with Crippen molar-refractivity contribution in [2.75, 3.05) is 5.75 Å². The molecule has 2 nitrogen and oxygen atoms in total. The number of allylic oxidation sites excluding steroid dienone is 1. The molecule has 0 aromatic carbocycles. The standard InChI is InChI=1S/C5H2N2S2/c6-1-4(2-7)5-3-8-9-5/h3H2. The van der Waals surface area contributed by atoms with Crippen LogP contribution in [0.4, 0.5) is 0 Å². The molecule has 1 heterocycles. The first-order valence-corrected chi connectivity index (χ1v) is 4.53. The summed E-state index contributed by atoms with van der Waals surface area (Å²) in [6.07, 6.45) is 0. The normalized spacial score (nSPS) is 15.1. The summed E-state index contributed by atoms with van der Waals surface area (Å²) >= 11 is 0. The van der Waals surface area contributed by atoms with Crippen LogP contribution in [0, 0.1) is 22.7 Å². The second kappa shape index (κ2) is 2.82. The van der Waals surface area contributed by atoms with Crippen molar-refractivity contribution in [2.45, 2.75) is 0 Å². The van der Waals surface area contributed by atoms with E-state index in [1.165, 1.54) is 10.8 Å². The van der Waals surface area contributed by atoms with E-state index in [0.29, 0.717) is 0 Å². The number of rotatable bonds is 0. The SMILES string of the molecule is N#CC(C#N)=C1CSS1. The first kappa shape index (κ1) is 6.54. The lowest BCUT2D eigenvalue weighted by molar-refractivity contribution is 1.44. The Hall–Kier alpha value is -0.580. The molecule has 0 amide bonds. The molecule has 0 aliphatic carbocycles. The maximum absolute atomic E-state index is 8.31. The van der Waals surface area contributed by atoms with Crippen molar-refractivity contribution in [3.63, 3.8) is 0 Å². The molecule has 0 unspecified atom stereocenters. The van der Waals surface area contributed by atoms with Crippen LogP contribution in [-0.2, 0) is 0 Å². The molecule has 44 valence electrons. The third-order valence-electron chi connectivity index (χ3n) is 0.852. The Kier molecular flexibility index (Phi) is 2.05. The molecule has 0 aromatic heterocycles. The second-order valence-corrected chi connectivity index (χ2v) is 3.76. The van der Waals surface area contributed by atoms with Gasteiger partial charge in [-0.25, -0.2) is 0 Å². The van der Waals surface area contributed by atoms with E-state index in [1.54, 1.807) is 10.8 Å². The lowest BCUT2D eigenvalue weighted by Gasteiger charge is -2.12. The molecular formula is C5H2N2S2. The summed E-state index contributed by atoms with van der Waals surface area (Å²) in [5, 5.41) is 16.6. The zero-order chi connectivity index (χ0) is 6.69. The molecule has 1 aliphatic rings. The summed E-state index contributed by atoms with van der Waals surface area (Å²) in [6, 6.07) is 3.68. The first-order valence-electron chi connectivity index (χ1n) is 2.21. The van der Waals surface area contributed by atoms with E-state index in [0.717, 1.165) is 10.7 Å². The van der Waals surface area contributed by atoms with Crippen molar-refractivity contribution < 1.29 is 0 Å². The van der Waals surface area contributed by atoms with Gasteiger partial charge in [0.05, 0.1) is 0 Å². The molecule has 4 heteroatoms. The third-order valence-corrected chi connectivity index (χ3v) is 3.42. The maximum Gasteiger partial charge on any atom is 0.140 e. The minimum absolute atomic E-state index is 0.277. The van der Waals surface area contributed by atoms with Gasteiger partial charge in [0, 0.05) is 10.7 Å². The van der Waals surface area contributed by atoms with Gasteiger partial charge in [-0.3, -0.25) is 0 Å². The van der Waals surface area contributed by atoms with Gasteiger partial charge in [0.25, 0.3) is 0 Å². The molecule has 1 aliphatic heterocycles. The predicted molar refractivity (Wildman–Crippen MR) is 38.3 cm³/mol. The zero-order valence-electron chi connectivity index (χ0n) is 4.42. The fourth-order valence-corrected chi connectivity index (χ4v) is 1.89. The Balaban J connectivity index is 2.80. The highest BCUT2D eigenvalue weighted by Crippen LogP contribution is 2.45. The van der Waals surface area contributed by atoms with Crippen LogP contribution in [0.1, 0.15) is 0 Å². The van der Waals surface area contributed by atoms with Crippen LogP contribution >= 0.6 is 21.6 Å². The maximum atomic E-state index is 8.31. The molecule has 1 rings (SSSR count). The quantitative estimate of drug-likeness (QED) is 0.393. The van der Waals surface area contributed by atoms with Gasteiger partial charge in [-0.1, -0.05) is 21.6 Å². The summed E-state index contributed by atoms with van der Waals surface area (Å²) in [5.41, 5.74) is 0.277. The summed E-state index contributed by atoms with van der Waals surface area (Å²) < 4.78 is 0. The van der Waals surface area contributed by atoms with Crippen molar-refractivity contribution in [3.8, 4) is 12.1 Å². The smallest absolute Gasteiger partial charge is 0.140 e. The van der Waals surface area contributed by atoms with Crippen molar-refractivity contribution in [2.24, 2.45) is 0 Å². The molecule has 0 radical (unpaired) electrons. The van der Waals surface area contributed by atoms with Crippen LogP contribution in [-0.4, -0.2) is 5.75 Å². The largest absolute Gasteiger partial charge is 0.192 e. The van der Waals surface area contributed by atoms with E-state index >= 15 is 0 Å². The molecule has 1 saturated heterocycles. The van der Waals surface area contributed by atoms with Crippen LogP contribution in [0.3, 0.4) is 0 Å². The molecule has 0 saturated carbocycles. The Bertz CT molecular complexity index is 208. The summed E-state index contributed by atoms with van der Waals surface area (Å²) in [5.74, 6) is 0.834. The molecule has 0 atom stereocenters. The average molecular weight is 154 g/mol. The monoisotopic (exact) mass is 154 g/mol. The van der Waals surface area contributed by atoms with E-state index in [-0.39, 0.29) is 5.57 Å². The Morgan fingerprint density at radius 3 is 2.11 bits per heavy atom. The molecule has 0 aromatic rings. The summed E-state index contributed by atoms with van der Waals surface area (Å²) in [6.45, 7) is 0. The van der Waals surface area contributed by atoms with Gasteiger partial charge in [0.2, 0.25) is 0 Å². The van der Waals surface area contributed by atoms with Gasteiger partial charge in [0.15, 0.2) is 0 Å². The number of nitriles is 2. The van der Waals surface area contributed by atoms with Crippen molar-refractivity contribution in [1.82, 2.24) is 0 Å². The molecular weight excluding hydrogens is 152 g/mol. The minimum atomic E-state index is 0.277. The number of hydrogen-bond acceptors (Lipinski definition) is 4. The van der Waals surface area contributed by atoms with Crippen molar-refractivity contribution in [3.05, 3.63) is 10.5 Å². The topological polar surface area (TPSA) is 47.6 Å². The molecule has 0 spiro atoms. The highest BCUT2D eigenvalue weighted by molar-refractivity contribution is 8.81. The van der Waals surface area contributed by atoms with Crippen LogP contribution in [0.15, 0.2) is 10.5 Å².